The number of carboxylic acid groups (broad SMARTS) is 1. The molecule has 1 heterocycles. The zero-order valence-corrected chi connectivity index (χ0v) is 11.6. The Morgan fingerprint density at radius 3 is 2.40 bits per heavy atom. The predicted molar refractivity (Wildman–Crippen MR) is 74.2 cm³/mol. The van der Waals surface area contributed by atoms with Crippen LogP contribution >= 0.6 is 0 Å². The molecule has 0 radical (unpaired) electrons. The van der Waals surface area contributed by atoms with Gasteiger partial charge in [0.1, 0.15) is 17.1 Å². The van der Waals surface area contributed by atoms with Crippen LogP contribution in [-0.2, 0) is 5.41 Å². The van der Waals surface area contributed by atoms with Gasteiger partial charge in [0.15, 0.2) is 0 Å². The maximum Gasteiger partial charge on any atom is 0.342 e. The lowest BCUT2D eigenvalue weighted by Gasteiger charge is -2.17. The molecule has 0 aliphatic carbocycles. The van der Waals surface area contributed by atoms with Crippen molar-refractivity contribution in [2.45, 2.75) is 26.2 Å². The molecule has 5 heteroatoms. The van der Waals surface area contributed by atoms with E-state index >= 15 is 0 Å². The average Bonchev–Trinajstić information content (AvgIpc) is 2.38. The largest absolute Gasteiger partial charge is 0.477 e. The van der Waals surface area contributed by atoms with Gasteiger partial charge in [-0.3, -0.25) is 0 Å². The third-order valence-electron chi connectivity index (χ3n) is 2.61. The van der Waals surface area contributed by atoms with Crippen LogP contribution in [-0.4, -0.2) is 21.0 Å². The number of carboxylic acids is 1. The molecule has 0 aliphatic heterocycles. The van der Waals surface area contributed by atoms with E-state index in [1.807, 2.05) is 39.0 Å². The summed E-state index contributed by atoms with van der Waals surface area (Å²) in [5.74, 6) is 0.0157. The monoisotopic (exact) mass is 272 g/mol. The number of ether oxygens (including phenoxy) is 1. The van der Waals surface area contributed by atoms with Gasteiger partial charge in [-0.2, -0.15) is 4.98 Å². The lowest BCUT2D eigenvalue weighted by molar-refractivity contribution is 0.0692. The number of hydrogen-bond donors (Lipinski definition) is 1. The average molecular weight is 272 g/mol. The van der Waals surface area contributed by atoms with Crippen LogP contribution in [0.3, 0.4) is 0 Å². The Balaban J connectivity index is 2.45. The van der Waals surface area contributed by atoms with E-state index < -0.39 is 5.97 Å². The number of aromatic carboxylic acids is 1. The fourth-order valence-electron chi connectivity index (χ4n) is 1.55. The van der Waals surface area contributed by atoms with Crippen LogP contribution in [0.2, 0.25) is 0 Å². The minimum atomic E-state index is -1.11. The van der Waals surface area contributed by atoms with Crippen LogP contribution in [0.25, 0.3) is 0 Å². The highest BCUT2D eigenvalue weighted by Gasteiger charge is 2.22. The summed E-state index contributed by atoms with van der Waals surface area (Å²) in [5, 5.41) is 9.18. The zero-order valence-electron chi connectivity index (χ0n) is 11.6. The molecule has 1 aromatic carbocycles. The lowest BCUT2D eigenvalue weighted by atomic mass is 9.96. The van der Waals surface area contributed by atoms with Crippen LogP contribution in [0.5, 0.6) is 11.6 Å². The standard InChI is InChI=1S/C15H16N2O3/c1-15(2,3)14-16-9-11(13(18)19)12(17-14)20-10-7-5-4-6-8-10/h4-9H,1-3H3,(H,18,19). The maximum absolute atomic E-state index is 11.2. The Morgan fingerprint density at radius 2 is 1.85 bits per heavy atom. The number of aromatic nitrogens is 2. The molecule has 0 spiro atoms. The third-order valence-corrected chi connectivity index (χ3v) is 2.61. The molecule has 20 heavy (non-hydrogen) atoms. The van der Waals surface area contributed by atoms with Crippen LogP contribution in [0.15, 0.2) is 36.5 Å². The summed E-state index contributed by atoms with van der Waals surface area (Å²) in [7, 11) is 0. The van der Waals surface area contributed by atoms with Crippen molar-refractivity contribution in [3.05, 3.63) is 47.9 Å². The van der Waals surface area contributed by atoms with Gasteiger partial charge in [-0.25, -0.2) is 9.78 Å². The van der Waals surface area contributed by atoms with E-state index in [0.29, 0.717) is 11.6 Å². The van der Waals surface area contributed by atoms with Crippen molar-refractivity contribution < 1.29 is 14.6 Å². The quantitative estimate of drug-likeness (QED) is 0.928. The molecule has 0 fully saturated rings. The minimum absolute atomic E-state index is 0.0538. The normalized spacial score (nSPS) is 11.2. The molecule has 5 nitrogen and oxygen atoms in total. The summed E-state index contributed by atoms with van der Waals surface area (Å²) in [4.78, 5) is 19.6. The van der Waals surface area contributed by atoms with Gasteiger partial charge in [0.05, 0.1) is 0 Å². The Morgan fingerprint density at radius 1 is 1.20 bits per heavy atom. The van der Waals surface area contributed by atoms with Crippen LogP contribution in [0, 0.1) is 0 Å². The molecule has 0 atom stereocenters. The summed E-state index contributed by atoms with van der Waals surface area (Å²) in [5.41, 5.74) is -0.340. The number of benzene rings is 1. The Labute approximate surface area is 117 Å². The van der Waals surface area contributed by atoms with Crippen molar-refractivity contribution in [3.8, 4) is 11.6 Å². The molecule has 1 aromatic heterocycles. The van der Waals surface area contributed by atoms with E-state index in [4.69, 9.17) is 4.74 Å². The molecule has 0 saturated heterocycles. The van der Waals surface area contributed by atoms with E-state index in [-0.39, 0.29) is 16.9 Å². The topological polar surface area (TPSA) is 72.3 Å². The first kappa shape index (κ1) is 14.0. The first-order valence-corrected chi connectivity index (χ1v) is 6.21. The molecule has 0 bridgehead atoms. The Kier molecular flexibility index (Phi) is 3.70. The second-order valence-corrected chi connectivity index (χ2v) is 5.38. The maximum atomic E-state index is 11.2. The van der Waals surface area contributed by atoms with Gasteiger partial charge in [-0.15, -0.1) is 0 Å². The number of rotatable bonds is 3. The highest BCUT2D eigenvalue weighted by molar-refractivity contribution is 5.89. The van der Waals surface area contributed by atoms with Crippen molar-refractivity contribution in [1.29, 1.82) is 0 Å². The van der Waals surface area contributed by atoms with Gasteiger partial charge in [-0.05, 0) is 12.1 Å². The van der Waals surface area contributed by atoms with Crippen molar-refractivity contribution in [2.75, 3.05) is 0 Å². The van der Waals surface area contributed by atoms with Gasteiger partial charge in [0, 0.05) is 11.6 Å². The number of nitrogens with zero attached hydrogens (tertiary/aromatic N) is 2. The van der Waals surface area contributed by atoms with Gasteiger partial charge in [-0.1, -0.05) is 39.0 Å². The van der Waals surface area contributed by atoms with Gasteiger partial charge >= 0.3 is 5.97 Å². The fraction of sp³-hybridized carbons (Fsp3) is 0.267. The molecule has 0 unspecified atom stereocenters. The predicted octanol–water partition coefficient (Wildman–Crippen LogP) is 3.26. The fourth-order valence-corrected chi connectivity index (χ4v) is 1.55. The molecule has 0 saturated carbocycles. The van der Waals surface area contributed by atoms with E-state index in [2.05, 4.69) is 9.97 Å². The molecule has 0 amide bonds. The highest BCUT2D eigenvalue weighted by Crippen LogP contribution is 2.26. The number of hydrogen-bond acceptors (Lipinski definition) is 4. The van der Waals surface area contributed by atoms with Crippen LogP contribution in [0.1, 0.15) is 37.0 Å². The summed E-state index contributed by atoms with van der Waals surface area (Å²) in [6, 6.07) is 8.95. The summed E-state index contributed by atoms with van der Waals surface area (Å²) in [6.07, 6.45) is 1.29. The second-order valence-electron chi connectivity index (χ2n) is 5.38. The summed E-state index contributed by atoms with van der Waals surface area (Å²) >= 11 is 0. The summed E-state index contributed by atoms with van der Waals surface area (Å²) < 4.78 is 5.57. The molecule has 104 valence electrons. The molecule has 0 aliphatic rings. The van der Waals surface area contributed by atoms with Crippen molar-refractivity contribution in [1.82, 2.24) is 9.97 Å². The van der Waals surface area contributed by atoms with E-state index in [9.17, 15) is 9.90 Å². The first-order valence-electron chi connectivity index (χ1n) is 6.21. The Hall–Kier alpha value is -2.43. The van der Waals surface area contributed by atoms with Gasteiger partial charge < -0.3 is 9.84 Å². The highest BCUT2D eigenvalue weighted by atomic mass is 16.5. The van der Waals surface area contributed by atoms with E-state index in [0.717, 1.165) is 0 Å². The molecule has 1 N–H and O–H groups in total. The molecular formula is C15H16N2O3. The smallest absolute Gasteiger partial charge is 0.342 e. The SMILES string of the molecule is CC(C)(C)c1ncc(C(=O)O)c(Oc2ccccc2)n1. The lowest BCUT2D eigenvalue weighted by Crippen LogP contribution is -2.17. The number of carbonyl (C=O) groups is 1. The van der Waals surface area contributed by atoms with Gasteiger partial charge in [0.25, 0.3) is 0 Å². The summed E-state index contributed by atoms with van der Waals surface area (Å²) in [6.45, 7) is 5.86. The van der Waals surface area contributed by atoms with Crippen molar-refractivity contribution in [2.24, 2.45) is 0 Å². The Bertz CT molecular complexity index is 619. The molecule has 2 aromatic rings. The van der Waals surface area contributed by atoms with E-state index in [1.54, 1.807) is 12.1 Å². The first-order chi connectivity index (χ1) is 9.38. The van der Waals surface area contributed by atoms with Crippen LogP contribution in [0.4, 0.5) is 0 Å². The molecular weight excluding hydrogens is 256 g/mol. The van der Waals surface area contributed by atoms with Crippen molar-refractivity contribution in [3.63, 3.8) is 0 Å². The number of para-hydroxylation sites is 1. The van der Waals surface area contributed by atoms with Crippen LogP contribution < -0.4 is 4.74 Å². The molecule has 2 rings (SSSR count). The van der Waals surface area contributed by atoms with Crippen molar-refractivity contribution >= 4 is 5.97 Å². The van der Waals surface area contributed by atoms with Gasteiger partial charge in [0.2, 0.25) is 5.88 Å². The minimum Gasteiger partial charge on any atom is -0.477 e. The second kappa shape index (κ2) is 5.28. The zero-order chi connectivity index (χ0) is 14.8. The third kappa shape index (κ3) is 3.12. The van der Waals surface area contributed by atoms with E-state index in [1.165, 1.54) is 6.20 Å².